The van der Waals surface area contributed by atoms with E-state index in [4.69, 9.17) is 18.9 Å². The summed E-state index contributed by atoms with van der Waals surface area (Å²) in [6.45, 7) is 8.10. The van der Waals surface area contributed by atoms with Crippen LogP contribution in [0.2, 0.25) is 0 Å². The maximum Gasteiger partial charge on any atom is 0.194 e. The minimum atomic E-state index is 0.0453. The van der Waals surface area contributed by atoms with Gasteiger partial charge in [0.1, 0.15) is 29.6 Å². The van der Waals surface area contributed by atoms with Crippen molar-refractivity contribution in [3.63, 3.8) is 0 Å². The van der Waals surface area contributed by atoms with Gasteiger partial charge in [-0.1, -0.05) is 24.3 Å². The molecule has 8 heteroatoms. The highest BCUT2D eigenvalue weighted by molar-refractivity contribution is 6.23. The van der Waals surface area contributed by atoms with Crippen LogP contribution in [-0.4, -0.2) is 88.1 Å². The number of hydrogen-bond donors (Lipinski definition) is 0. The van der Waals surface area contributed by atoms with Crippen molar-refractivity contribution in [2.75, 3.05) is 66.7 Å². The van der Waals surface area contributed by atoms with Crippen molar-refractivity contribution in [2.24, 2.45) is 0 Å². The van der Waals surface area contributed by atoms with Gasteiger partial charge in [0.2, 0.25) is 0 Å². The van der Waals surface area contributed by atoms with Crippen molar-refractivity contribution in [1.82, 2.24) is 9.80 Å². The zero-order valence-electron chi connectivity index (χ0n) is 28.5. The number of carbonyl (C=O) groups is 2. The highest BCUT2D eigenvalue weighted by Crippen LogP contribution is 2.45. The smallest absolute Gasteiger partial charge is 0.194 e. The Morgan fingerprint density at radius 2 is 1.00 bits per heavy atom. The molecule has 0 amide bonds. The highest BCUT2D eigenvalue weighted by Gasteiger charge is 2.31. The van der Waals surface area contributed by atoms with Crippen LogP contribution >= 0.6 is 0 Å². The third-order valence-electron chi connectivity index (χ3n) is 9.96. The minimum Gasteiger partial charge on any atom is -0.497 e. The molecule has 2 heterocycles. The Bertz CT molecular complexity index is 1840. The molecule has 0 spiro atoms. The summed E-state index contributed by atoms with van der Waals surface area (Å²) in [6.07, 6.45) is 6.20. The van der Waals surface area contributed by atoms with Gasteiger partial charge in [-0.15, -0.1) is 0 Å². The van der Waals surface area contributed by atoms with Crippen LogP contribution in [-0.2, 0) is 0 Å². The number of fused-ring (bicyclic) bond motifs is 6. The summed E-state index contributed by atoms with van der Waals surface area (Å²) in [6, 6.07) is 22.8. The third kappa shape index (κ3) is 6.80. The first-order chi connectivity index (χ1) is 24.1. The molecular weight excluding hydrogens is 616 g/mol. The number of likely N-dealkylation sites (tertiary alicyclic amines) is 2. The summed E-state index contributed by atoms with van der Waals surface area (Å²) in [7, 11) is 3.23. The number of benzene rings is 4. The number of hydrogen-bond acceptors (Lipinski definition) is 8. The lowest BCUT2D eigenvalue weighted by atomic mass is 10.0. The Labute approximate surface area is 288 Å². The van der Waals surface area contributed by atoms with Crippen LogP contribution in [0, 0.1) is 0 Å². The average molecular weight is 661 g/mol. The molecule has 2 aliphatic carbocycles. The van der Waals surface area contributed by atoms with Crippen LogP contribution < -0.4 is 18.9 Å². The molecule has 254 valence electrons. The van der Waals surface area contributed by atoms with E-state index >= 15 is 0 Å². The topological polar surface area (TPSA) is 77.5 Å². The number of nitrogens with zero attached hydrogens (tertiary/aromatic N) is 2. The molecule has 0 bridgehead atoms. The number of rotatable bonds is 11. The van der Waals surface area contributed by atoms with E-state index in [2.05, 4.69) is 9.80 Å². The monoisotopic (exact) mass is 660 g/mol. The molecule has 8 rings (SSSR count). The van der Waals surface area contributed by atoms with Gasteiger partial charge in [0.25, 0.3) is 0 Å². The van der Waals surface area contributed by atoms with Gasteiger partial charge in [-0.05, 0) is 118 Å². The first-order valence-corrected chi connectivity index (χ1v) is 17.5. The SMILES string of the molecule is COc1ccc2c(c1)C(=O)c1cccc(OCCCN3CCCC3)c1-2.COc1ccc2c(c1)C(=O)c1cccc(OCCN3CCCC3)c1-2. The Morgan fingerprint density at radius 1 is 0.531 bits per heavy atom. The molecule has 8 nitrogen and oxygen atoms in total. The van der Waals surface area contributed by atoms with E-state index in [0.717, 1.165) is 77.5 Å². The molecule has 0 radical (unpaired) electrons. The van der Waals surface area contributed by atoms with Gasteiger partial charge in [-0.25, -0.2) is 0 Å². The molecule has 0 N–H and O–H groups in total. The maximum atomic E-state index is 12.7. The summed E-state index contributed by atoms with van der Waals surface area (Å²) in [5.41, 5.74) is 6.55. The standard InChI is InChI=1S/C21H23NO3.C20H21NO3/c1-24-15-8-9-16-18(14-15)21(23)17-6-4-7-19(20(16)17)25-13-5-12-22-10-2-3-11-22;1-23-14-7-8-15-17(13-14)20(22)16-5-4-6-18(19(15)16)24-12-11-21-9-2-3-10-21/h4,6-9,14H,2-3,5,10-13H2,1H3;4-8,13H,2-3,9-12H2,1H3. The molecule has 0 saturated carbocycles. The lowest BCUT2D eigenvalue weighted by Gasteiger charge is -2.16. The fourth-order valence-corrected chi connectivity index (χ4v) is 7.41. The van der Waals surface area contributed by atoms with Crippen molar-refractivity contribution in [3.8, 4) is 45.3 Å². The van der Waals surface area contributed by atoms with Crippen LogP contribution in [0.3, 0.4) is 0 Å². The van der Waals surface area contributed by atoms with Crippen LogP contribution in [0.4, 0.5) is 0 Å². The van der Waals surface area contributed by atoms with Crippen LogP contribution in [0.1, 0.15) is 63.9 Å². The van der Waals surface area contributed by atoms with Crippen LogP contribution in [0.25, 0.3) is 22.3 Å². The summed E-state index contributed by atoms with van der Waals surface area (Å²) >= 11 is 0. The second-order valence-corrected chi connectivity index (χ2v) is 13.0. The minimum absolute atomic E-state index is 0.0453. The first kappa shape index (κ1) is 32.9. The zero-order valence-corrected chi connectivity index (χ0v) is 28.5. The number of ketones is 2. The normalized spacial score (nSPS) is 16.0. The molecule has 0 unspecified atom stereocenters. The van der Waals surface area contributed by atoms with Crippen molar-refractivity contribution < 1.29 is 28.5 Å². The Morgan fingerprint density at radius 3 is 1.49 bits per heavy atom. The predicted molar refractivity (Wildman–Crippen MR) is 191 cm³/mol. The zero-order chi connectivity index (χ0) is 33.7. The number of ether oxygens (including phenoxy) is 4. The van der Waals surface area contributed by atoms with Gasteiger partial charge in [0.05, 0.1) is 20.8 Å². The van der Waals surface area contributed by atoms with Gasteiger partial charge in [0.15, 0.2) is 11.6 Å². The maximum absolute atomic E-state index is 12.7. The van der Waals surface area contributed by atoms with Crippen molar-refractivity contribution in [3.05, 3.63) is 95.1 Å². The largest absolute Gasteiger partial charge is 0.497 e. The summed E-state index contributed by atoms with van der Waals surface area (Å²) < 4.78 is 22.6. The van der Waals surface area contributed by atoms with Crippen LogP contribution in [0.15, 0.2) is 72.8 Å². The van der Waals surface area contributed by atoms with E-state index in [1.807, 2.05) is 72.8 Å². The van der Waals surface area contributed by atoms with E-state index in [9.17, 15) is 9.59 Å². The quantitative estimate of drug-likeness (QED) is 0.136. The number of methoxy groups -OCH3 is 2. The van der Waals surface area contributed by atoms with Gasteiger partial charge in [-0.3, -0.25) is 14.5 Å². The van der Waals surface area contributed by atoms with E-state index in [0.29, 0.717) is 35.8 Å². The van der Waals surface area contributed by atoms with Crippen molar-refractivity contribution in [1.29, 1.82) is 0 Å². The molecule has 0 atom stereocenters. The van der Waals surface area contributed by atoms with Crippen molar-refractivity contribution in [2.45, 2.75) is 32.1 Å². The first-order valence-electron chi connectivity index (χ1n) is 17.5. The lowest BCUT2D eigenvalue weighted by Crippen LogP contribution is -2.25. The lowest BCUT2D eigenvalue weighted by molar-refractivity contribution is 0.103. The van der Waals surface area contributed by atoms with Crippen molar-refractivity contribution >= 4 is 11.6 Å². The van der Waals surface area contributed by atoms with E-state index in [1.165, 1.54) is 38.8 Å². The van der Waals surface area contributed by atoms with Crippen LogP contribution in [0.5, 0.6) is 23.0 Å². The predicted octanol–water partition coefficient (Wildman–Crippen LogP) is 7.15. The van der Waals surface area contributed by atoms with E-state index < -0.39 is 0 Å². The second kappa shape index (κ2) is 14.8. The molecule has 4 aromatic rings. The van der Waals surface area contributed by atoms with Gasteiger partial charge < -0.3 is 23.8 Å². The summed E-state index contributed by atoms with van der Waals surface area (Å²) in [5.74, 6) is 3.09. The van der Waals surface area contributed by atoms with Gasteiger partial charge in [-0.2, -0.15) is 0 Å². The molecule has 4 aromatic carbocycles. The highest BCUT2D eigenvalue weighted by atomic mass is 16.5. The molecule has 2 aliphatic heterocycles. The van der Waals surface area contributed by atoms with Gasteiger partial charge in [0, 0.05) is 46.5 Å². The number of carbonyl (C=O) groups excluding carboxylic acids is 2. The fraction of sp³-hybridized carbons (Fsp3) is 0.366. The van der Waals surface area contributed by atoms with E-state index in [-0.39, 0.29) is 11.6 Å². The average Bonchev–Trinajstić information content (AvgIpc) is 3.96. The Balaban J connectivity index is 0.000000154. The molecule has 2 fully saturated rings. The van der Waals surface area contributed by atoms with E-state index in [1.54, 1.807) is 14.2 Å². The third-order valence-corrected chi connectivity index (χ3v) is 9.96. The molecule has 2 saturated heterocycles. The Kier molecular flexibility index (Phi) is 9.96. The second-order valence-electron chi connectivity index (χ2n) is 13.0. The molecular formula is C41H44N2O6. The molecule has 49 heavy (non-hydrogen) atoms. The molecule has 0 aromatic heterocycles. The van der Waals surface area contributed by atoms with Gasteiger partial charge >= 0.3 is 0 Å². The fourth-order valence-electron chi connectivity index (χ4n) is 7.41. The molecule has 4 aliphatic rings. The summed E-state index contributed by atoms with van der Waals surface area (Å²) in [4.78, 5) is 30.3. The summed E-state index contributed by atoms with van der Waals surface area (Å²) in [5, 5.41) is 0. The Hall–Kier alpha value is -4.66.